The van der Waals surface area contributed by atoms with Crippen LogP contribution in [0.1, 0.15) is 23.7 Å². The first-order valence-corrected chi connectivity index (χ1v) is 8.14. The molecule has 0 bridgehead atoms. The molecule has 1 amide bonds. The first-order chi connectivity index (χ1) is 11.7. The Kier molecular flexibility index (Phi) is 4.75. The predicted octanol–water partition coefficient (Wildman–Crippen LogP) is 4.33. The summed E-state index contributed by atoms with van der Waals surface area (Å²) in [4.78, 5) is 18.9. The van der Waals surface area contributed by atoms with Crippen molar-refractivity contribution in [3.63, 3.8) is 0 Å². The Balaban J connectivity index is 1.73. The lowest BCUT2D eigenvalue weighted by Crippen LogP contribution is -2.18. The minimum atomic E-state index is -0.128. The van der Waals surface area contributed by atoms with E-state index in [9.17, 15) is 4.79 Å². The van der Waals surface area contributed by atoms with Crippen molar-refractivity contribution in [3.8, 4) is 0 Å². The van der Waals surface area contributed by atoms with Crippen LogP contribution >= 0.6 is 0 Å². The topological polar surface area (TPSA) is 45.2 Å². The van der Waals surface area contributed by atoms with E-state index in [2.05, 4.69) is 29.2 Å². The highest BCUT2D eigenvalue weighted by Gasteiger charge is 2.08. The van der Waals surface area contributed by atoms with E-state index in [1.54, 1.807) is 6.20 Å². The lowest BCUT2D eigenvalue weighted by Gasteiger charge is -2.18. The van der Waals surface area contributed by atoms with Gasteiger partial charge in [-0.05, 0) is 42.8 Å². The lowest BCUT2D eigenvalue weighted by molar-refractivity contribution is 0.102. The minimum Gasteiger partial charge on any atom is -0.375 e. The monoisotopic (exact) mass is 319 g/mol. The zero-order chi connectivity index (χ0) is 16.9. The van der Waals surface area contributed by atoms with Gasteiger partial charge in [-0.1, -0.05) is 25.1 Å². The van der Waals surface area contributed by atoms with Crippen molar-refractivity contribution >= 4 is 28.2 Å². The van der Waals surface area contributed by atoms with E-state index >= 15 is 0 Å². The standard InChI is InChI=1S/C20H21N3O/c1-3-12-23(2)18-10-8-15(9-11-18)20(24)22-17-13-16-6-4-5-7-19(16)21-14-17/h4-11,13-14H,3,12H2,1-2H3,(H,22,24). The molecule has 0 aliphatic heterocycles. The summed E-state index contributed by atoms with van der Waals surface area (Å²) in [6.07, 6.45) is 2.78. The van der Waals surface area contributed by atoms with Crippen molar-refractivity contribution in [2.75, 3.05) is 23.8 Å². The number of rotatable bonds is 5. The molecule has 0 radical (unpaired) electrons. The van der Waals surface area contributed by atoms with Gasteiger partial charge in [-0.2, -0.15) is 0 Å². The van der Waals surface area contributed by atoms with Gasteiger partial charge in [0.15, 0.2) is 0 Å². The molecule has 4 heteroatoms. The molecule has 1 N–H and O–H groups in total. The molecule has 4 nitrogen and oxygen atoms in total. The van der Waals surface area contributed by atoms with Crippen molar-refractivity contribution < 1.29 is 4.79 Å². The maximum Gasteiger partial charge on any atom is 0.255 e. The van der Waals surface area contributed by atoms with E-state index in [4.69, 9.17) is 0 Å². The molecule has 0 atom stereocenters. The lowest BCUT2D eigenvalue weighted by atomic mass is 10.1. The van der Waals surface area contributed by atoms with Gasteiger partial charge in [0.25, 0.3) is 5.91 Å². The summed E-state index contributed by atoms with van der Waals surface area (Å²) in [5.41, 5.74) is 3.36. The number of hydrogen-bond donors (Lipinski definition) is 1. The number of hydrogen-bond acceptors (Lipinski definition) is 3. The Morgan fingerprint density at radius 1 is 1.12 bits per heavy atom. The smallest absolute Gasteiger partial charge is 0.255 e. The summed E-state index contributed by atoms with van der Waals surface area (Å²) in [6.45, 7) is 3.14. The highest BCUT2D eigenvalue weighted by Crippen LogP contribution is 2.18. The molecular formula is C20H21N3O. The van der Waals surface area contributed by atoms with Gasteiger partial charge in [0, 0.05) is 30.2 Å². The van der Waals surface area contributed by atoms with E-state index in [0.29, 0.717) is 11.3 Å². The van der Waals surface area contributed by atoms with Gasteiger partial charge < -0.3 is 10.2 Å². The summed E-state index contributed by atoms with van der Waals surface area (Å²) in [5, 5.41) is 3.92. The number of fused-ring (bicyclic) bond motifs is 1. The maximum absolute atomic E-state index is 12.4. The SMILES string of the molecule is CCCN(C)c1ccc(C(=O)Nc2cnc3ccccc3c2)cc1. The number of carbonyl (C=O) groups is 1. The van der Waals surface area contributed by atoms with E-state index < -0.39 is 0 Å². The Hall–Kier alpha value is -2.88. The zero-order valence-corrected chi connectivity index (χ0v) is 14.0. The summed E-state index contributed by atoms with van der Waals surface area (Å²) >= 11 is 0. The van der Waals surface area contributed by atoms with Crippen molar-refractivity contribution in [1.82, 2.24) is 4.98 Å². The average Bonchev–Trinajstić information content (AvgIpc) is 2.62. The third-order valence-corrected chi connectivity index (χ3v) is 3.98. The molecule has 0 unspecified atom stereocenters. The molecule has 1 heterocycles. The van der Waals surface area contributed by atoms with Crippen molar-refractivity contribution in [2.45, 2.75) is 13.3 Å². The van der Waals surface area contributed by atoms with E-state index in [1.165, 1.54) is 0 Å². The number of para-hydroxylation sites is 1. The second kappa shape index (κ2) is 7.13. The molecule has 3 aromatic rings. The van der Waals surface area contributed by atoms with Crippen molar-refractivity contribution in [1.29, 1.82) is 0 Å². The number of benzene rings is 2. The number of nitrogens with one attached hydrogen (secondary N) is 1. The van der Waals surface area contributed by atoms with Gasteiger partial charge in [-0.15, -0.1) is 0 Å². The Labute approximate surface area is 142 Å². The van der Waals surface area contributed by atoms with E-state index in [-0.39, 0.29) is 5.91 Å². The number of pyridine rings is 1. The Morgan fingerprint density at radius 2 is 1.88 bits per heavy atom. The summed E-state index contributed by atoms with van der Waals surface area (Å²) in [7, 11) is 2.05. The normalized spacial score (nSPS) is 10.6. The van der Waals surface area contributed by atoms with E-state index in [1.807, 2.05) is 54.6 Å². The molecular weight excluding hydrogens is 298 g/mol. The largest absolute Gasteiger partial charge is 0.375 e. The van der Waals surface area contributed by atoms with Crippen LogP contribution in [0.2, 0.25) is 0 Å². The fourth-order valence-electron chi connectivity index (χ4n) is 2.67. The molecule has 0 aliphatic rings. The van der Waals surface area contributed by atoms with Gasteiger partial charge in [-0.3, -0.25) is 9.78 Å². The highest BCUT2D eigenvalue weighted by molar-refractivity contribution is 6.05. The third-order valence-electron chi connectivity index (χ3n) is 3.98. The Morgan fingerprint density at radius 3 is 2.62 bits per heavy atom. The van der Waals surface area contributed by atoms with Crippen LogP contribution in [0.5, 0.6) is 0 Å². The first-order valence-electron chi connectivity index (χ1n) is 8.14. The minimum absolute atomic E-state index is 0.128. The third kappa shape index (κ3) is 3.54. The first kappa shape index (κ1) is 16.0. The molecule has 0 aliphatic carbocycles. The number of nitrogens with zero attached hydrogens (tertiary/aromatic N) is 2. The highest BCUT2D eigenvalue weighted by atomic mass is 16.1. The molecule has 24 heavy (non-hydrogen) atoms. The molecule has 2 aromatic carbocycles. The van der Waals surface area contributed by atoms with Crippen LogP contribution in [0, 0.1) is 0 Å². The molecule has 0 spiro atoms. The van der Waals surface area contributed by atoms with Gasteiger partial charge >= 0.3 is 0 Å². The van der Waals surface area contributed by atoms with Crippen molar-refractivity contribution in [2.24, 2.45) is 0 Å². The molecule has 1 aromatic heterocycles. The molecule has 3 rings (SSSR count). The van der Waals surface area contributed by atoms with Gasteiger partial charge in [0.1, 0.15) is 0 Å². The summed E-state index contributed by atoms with van der Waals surface area (Å²) in [5.74, 6) is -0.128. The number of anilines is 2. The van der Waals surface area contributed by atoms with Crippen LogP contribution in [-0.4, -0.2) is 24.5 Å². The summed E-state index contributed by atoms with van der Waals surface area (Å²) in [6, 6.07) is 17.4. The fourth-order valence-corrected chi connectivity index (χ4v) is 2.67. The molecule has 0 fully saturated rings. The number of aromatic nitrogens is 1. The molecule has 122 valence electrons. The quantitative estimate of drug-likeness (QED) is 0.761. The zero-order valence-electron chi connectivity index (χ0n) is 14.0. The molecule has 0 saturated carbocycles. The molecule has 0 saturated heterocycles. The second-order valence-electron chi connectivity index (χ2n) is 5.84. The van der Waals surface area contributed by atoms with Gasteiger partial charge in [0.2, 0.25) is 0 Å². The van der Waals surface area contributed by atoms with Crippen molar-refractivity contribution in [3.05, 3.63) is 66.4 Å². The number of carbonyl (C=O) groups excluding carboxylic acids is 1. The fraction of sp³-hybridized carbons (Fsp3) is 0.200. The maximum atomic E-state index is 12.4. The van der Waals surface area contributed by atoms with Crippen LogP contribution in [-0.2, 0) is 0 Å². The second-order valence-corrected chi connectivity index (χ2v) is 5.84. The number of amides is 1. The van der Waals surface area contributed by atoms with Crippen LogP contribution in [0.25, 0.3) is 10.9 Å². The predicted molar refractivity (Wildman–Crippen MR) is 99.7 cm³/mol. The summed E-state index contributed by atoms with van der Waals surface area (Å²) < 4.78 is 0. The van der Waals surface area contributed by atoms with Gasteiger partial charge in [0.05, 0.1) is 17.4 Å². The van der Waals surface area contributed by atoms with Crippen LogP contribution in [0.4, 0.5) is 11.4 Å². The van der Waals surface area contributed by atoms with Crippen LogP contribution in [0.3, 0.4) is 0 Å². The van der Waals surface area contributed by atoms with Crippen LogP contribution in [0.15, 0.2) is 60.8 Å². The van der Waals surface area contributed by atoms with Crippen LogP contribution < -0.4 is 10.2 Å². The van der Waals surface area contributed by atoms with E-state index in [0.717, 1.165) is 29.6 Å². The van der Waals surface area contributed by atoms with Gasteiger partial charge in [-0.25, -0.2) is 0 Å². The average molecular weight is 319 g/mol. The Bertz CT molecular complexity index is 843.